The molecule has 1 saturated heterocycles. The first kappa shape index (κ1) is 10.2. The van der Waals surface area contributed by atoms with Gasteiger partial charge in [-0.1, -0.05) is 0 Å². The number of hydrogen-bond donors (Lipinski definition) is 2. The quantitative estimate of drug-likeness (QED) is 0.726. The molecule has 1 unspecified atom stereocenters. The Morgan fingerprint density at radius 2 is 2.60 bits per heavy atom. The summed E-state index contributed by atoms with van der Waals surface area (Å²) in [7, 11) is 0. The lowest BCUT2D eigenvalue weighted by molar-refractivity contribution is 0.0782. The first-order chi connectivity index (χ1) is 7.20. The summed E-state index contributed by atoms with van der Waals surface area (Å²) >= 11 is 0. The van der Waals surface area contributed by atoms with Crippen molar-refractivity contribution < 1.29 is 4.79 Å². The van der Waals surface area contributed by atoms with Crippen LogP contribution in [0.25, 0.3) is 0 Å². The monoisotopic (exact) mass is 208 g/mol. The predicted octanol–water partition coefficient (Wildman–Crippen LogP) is 0.139. The van der Waals surface area contributed by atoms with E-state index in [0.717, 1.165) is 25.2 Å². The van der Waals surface area contributed by atoms with Crippen LogP contribution in [-0.2, 0) is 0 Å². The maximum absolute atomic E-state index is 11.9. The summed E-state index contributed by atoms with van der Waals surface area (Å²) in [5, 5.41) is 6.74. The smallest absolute Gasteiger partial charge is 0.274 e. The fraction of sp³-hybridized carbons (Fsp3) is 0.600. The van der Waals surface area contributed by atoms with E-state index in [1.165, 1.54) is 0 Å². The molecule has 3 N–H and O–H groups in total. The highest BCUT2D eigenvalue weighted by Gasteiger charge is 2.26. The Labute approximate surface area is 88.6 Å². The van der Waals surface area contributed by atoms with E-state index in [0.29, 0.717) is 18.2 Å². The van der Waals surface area contributed by atoms with Crippen LogP contribution in [0.15, 0.2) is 6.07 Å². The van der Waals surface area contributed by atoms with E-state index >= 15 is 0 Å². The molecule has 0 bridgehead atoms. The standard InChI is InChI=1S/C10H16N4O/c1-7-4-9(13-12-7)10(15)14-3-2-8(5-11)6-14/h4,8H,2-3,5-6,11H2,1H3,(H,12,13). The highest BCUT2D eigenvalue weighted by atomic mass is 16.2. The molecule has 5 heteroatoms. The molecule has 1 aliphatic rings. The summed E-state index contributed by atoms with van der Waals surface area (Å²) in [5.74, 6) is 0.462. The van der Waals surface area contributed by atoms with Crippen molar-refractivity contribution >= 4 is 5.91 Å². The molecule has 1 fully saturated rings. The normalized spacial score (nSPS) is 20.9. The third-order valence-corrected chi connectivity index (χ3v) is 2.83. The van der Waals surface area contributed by atoms with Gasteiger partial charge >= 0.3 is 0 Å². The number of nitrogens with zero attached hydrogens (tertiary/aromatic N) is 2. The summed E-state index contributed by atoms with van der Waals surface area (Å²) in [6.07, 6.45) is 1.01. The van der Waals surface area contributed by atoms with Crippen LogP contribution in [-0.4, -0.2) is 40.6 Å². The topological polar surface area (TPSA) is 75.0 Å². The summed E-state index contributed by atoms with van der Waals surface area (Å²) in [4.78, 5) is 13.8. The summed E-state index contributed by atoms with van der Waals surface area (Å²) < 4.78 is 0. The van der Waals surface area contributed by atoms with Gasteiger partial charge in [-0.3, -0.25) is 9.89 Å². The number of hydrogen-bond acceptors (Lipinski definition) is 3. The average Bonchev–Trinajstić information content (AvgIpc) is 2.84. The van der Waals surface area contributed by atoms with Gasteiger partial charge in [-0.05, 0) is 31.9 Å². The minimum Gasteiger partial charge on any atom is -0.337 e. The Kier molecular flexibility index (Phi) is 2.73. The number of aryl methyl sites for hydroxylation is 1. The van der Waals surface area contributed by atoms with Crippen molar-refractivity contribution in [2.75, 3.05) is 19.6 Å². The van der Waals surface area contributed by atoms with E-state index in [4.69, 9.17) is 5.73 Å². The van der Waals surface area contributed by atoms with Crippen LogP contribution in [0.3, 0.4) is 0 Å². The van der Waals surface area contributed by atoms with Crippen LogP contribution in [0, 0.1) is 12.8 Å². The minimum atomic E-state index is 0.00954. The van der Waals surface area contributed by atoms with Crippen molar-refractivity contribution in [1.82, 2.24) is 15.1 Å². The number of carbonyl (C=O) groups is 1. The highest BCUT2D eigenvalue weighted by Crippen LogP contribution is 2.17. The van der Waals surface area contributed by atoms with Crippen molar-refractivity contribution in [3.8, 4) is 0 Å². The van der Waals surface area contributed by atoms with Gasteiger partial charge < -0.3 is 10.6 Å². The Morgan fingerprint density at radius 3 is 3.13 bits per heavy atom. The molecular weight excluding hydrogens is 192 g/mol. The van der Waals surface area contributed by atoms with E-state index in [1.54, 1.807) is 6.07 Å². The van der Waals surface area contributed by atoms with Crippen molar-refractivity contribution in [2.24, 2.45) is 11.7 Å². The van der Waals surface area contributed by atoms with Crippen LogP contribution in [0.5, 0.6) is 0 Å². The van der Waals surface area contributed by atoms with Gasteiger partial charge in [0.25, 0.3) is 5.91 Å². The van der Waals surface area contributed by atoms with Crippen molar-refractivity contribution in [1.29, 1.82) is 0 Å². The SMILES string of the molecule is Cc1cc(C(=O)N2CCC(CN)C2)n[nH]1. The first-order valence-corrected chi connectivity index (χ1v) is 5.22. The maximum Gasteiger partial charge on any atom is 0.274 e. The summed E-state index contributed by atoms with van der Waals surface area (Å²) in [5.41, 5.74) is 6.99. The number of H-pyrrole nitrogens is 1. The number of aromatic amines is 1. The van der Waals surface area contributed by atoms with Gasteiger partial charge in [0.2, 0.25) is 0 Å². The van der Waals surface area contributed by atoms with Crippen LogP contribution < -0.4 is 5.73 Å². The van der Waals surface area contributed by atoms with Crippen molar-refractivity contribution in [3.05, 3.63) is 17.5 Å². The Hall–Kier alpha value is -1.36. The van der Waals surface area contributed by atoms with Crippen LogP contribution in [0.2, 0.25) is 0 Å². The fourth-order valence-corrected chi connectivity index (χ4v) is 1.90. The number of aromatic nitrogens is 2. The zero-order valence-electron chi connectivity index (χ0n) is 8.86. The molecule has 82 valence electrons. The molecule has 0 aliphatic carbocycles. The van der Waals surface area contributed by atoms with E-state index in [-0.39, 0.29) is 5.91 Å². The van der Waals surface area contributed by atoms with Gasteiger partial charge in [-0.2, -0.15) is 5.10 Å². The van der Waals surface area contributed by atoms with Gasteiger partial charge in [0.05, 0.1) is 0 Å². The van der Waals surface area contributed by atoms with Crippen molar-refractivity contribution in [2.45, 2.75) is 13.3 Å². The summed E-state index contributed by atoms with van der Waals surface area (Å²) in [6.45, 7) is 4.10. The molecule has 2 heterocycles. The second kappa shape index (κ2) is 4.02. The maximum atomic E-state index is 11.9. The summed E-state index contributed by atoms with van der Waals surface area (Å²) in [6, 6.07) is 1.78. The molecule has 0 spiro atoms. The number of rotatable bonds is 2. The van der Waals surface area contributed by atoms with Crippen LogP contribution >= 0.6 is 0 Å². The van der Waals surface area contributed by atoms with E-state index in [9.17, 15) is 4.79 Å². The molecule has 1 aromatic heterocycles. The first-order valence-electron chi connectivity index (χ1n) is 5.22. The molecule has 1 aliphatic heterocycles. The third-order valence-electron chi connectivity index (χ3n) is 2.83. The second-order valence-electron chi connectivity index (χ2n) is 4.08. The molecule has 15 heavy (non-hydrogen) atoms. The average molecular weight is 208 g/mol. The molecule has 5 nitrogen and oxygen atoms in total. The molecule has 0 radical (unpaired) electrons. The van der Waals surface area contributed by atoms with Gasteiger partial charge in [0, 0.05) is 18.8 Å². The van der Waals surface area contributed by atoms with E-state index in [1.807, 2.05) is 11.8 Å². The van der Waals surface area contributed by atoms with Crippen LogP contribution in [0.4, 0.5) is 0 Å². The zero-order chi connectivity index (χ0) is 10.8. The Bertz CT molecular complexity index is 360. The molecule has 2 rings (SSSR count). The van der Waals surface area contributed by atoms with Gasteiger partial charge in [0.15, 0.2) is 0 Å². The minimum absolute atomic E-state index is 0.00954. The lowest BCUT2D eigenvalue weighted by Crippen LogP contribution is -2.30. The fourth-order valence-electron chi connectivity index (χ4n) is 1.90. The molecule has 1 aromatic rings. The van der Waals surface area contributed by atoms with Gasteiger partial charge in [-0.25, -0.2) is 0 Å². The van der Waals surface area contributed by atoms with Gasteiger partial charge in [-0.15, -0.1) is 0 Å². The third kappa shape index (κ3) is 2.02. The number of amides is 1. The Balaban J connectivity index is 2.03. The lowest BCUT2D eigenvalue weighted by atomic mass is 10.1. The number of carbonyl (C=O) groups excluding carboxylic acids is 1. The lowest BCUT2D eigenvalue weighted by Gasteiger charge is -2.14. The number of nitrogens with two attached hydrogens (primary N) is 1. The Morgan fingerprint density at radius 1 is 1.80 bits per heavy atom. The van der Waals surface area contributed by atoms with E-state index < -0.39 is 0 Å². The zero-order valence-corrected chi connectivity index (χ0v) is 8.86. The molecule has 1 amide bonds. The molecule has 0 aromatic carbocycles. The van der Waals surface area contributed by atoms with Gasteiger partial charge in [0.1, 0.15) is 5.69 Å². The molecule has 1 atom stereocenters. The predicted molar refractivity (Wildman–Crippen MR) is 56.4 cm³/mol. The largest absolute Gasteiger partial charge is 0.337 e. The number of nitrogens with one attached hydrogen (secondary N) is 1. The number of likely N-dealkylation sites (tertiary alicyclic amines) is 1. The van der Waals surface area contributed by atoms with Crippen LogP contribution in [0.1, 0.15) is 22.6 Å². The molecule has 0 saturated carbocycles. The second-order valence-corrected chi connectivity index (χ2v) is 4.08. The highest BCUT2D eigenvalue weighted by molar-refractivity contribution is 5.92. The van der Waals surface area contributed by atoms with Crippen molar-refractivity contribution in [3.63, 3.8) is 0 Å². The van der Waals surface area contributed by atoms with E-state index in [2.05, 4.69) is 10.2 Å². The molecular formula is C10H16N4O.